The van der Waals surface area contributed by atoms with E-state index in [1.165, 1.54) is 16.5 Å². The molecule has 1 unspecified atom stereocenters. The van der Waals surface area contributed by atoms with Gasteiger partial charge in [0.25, 0.3) is 0 Å². The number of hydrogen-bond donors (Lipinski definition) is 2. The van der Waals surface area contributed by atoms with Crippen LogP contribution in [0.25, 0.3) is 22.6 Å². The molecule has 2 N–H and O–H groups in total. The number of hydrogen-bond acceptors (Lipinski definition) is 2. The van der Waals surface area contributed by atoms with Crippen LogP contribution in [0.15, 0.2) is 66.9 Å². The van der Waals surface area contributed by atoms with E-state index >= 15 is 0 Å². The minimum absolute atomic E-state index is 0.461. The summed E-state index contributed by atoms with van der Waals surface area (Å²) in [5.41, 5.74) is 5.05. The maximum Gasteiger partial charge on any atom is 0.126 e. The Labute approximate surface area is 154 Å². The molecule has 0 saturated carbocycles. The minimum Gasteiger partial charge on any atom is -0.496 e. The summed E-state index contributed by atoms with van der Waals surface area (Å²) in [6.07, 6.45) is 10.8. The molecule has 3 heteroatoms. The lowest BCUT2D eigenvalue weighted by Crippen LogP contribution is -2.32. The van der Waals surface area contributed by atoms with Gasteiger partial charge in [-0.15, -0.1) is 0 Å². The van der Waals surface area contributed by atoms with Crippen molar-refractivity contribution in [3.8, 4) is 5.75 Å². The third kappa shape index (κ3) is 3.44. The lowest BCUT2D eigenvalue weighted by molar-refractivity contribution is 0.414. The van der Waals surface area contributed by atoms with Gasteiger partial charge >= 0.3 is 0 Å². The number of nitrogens with one attached hydrogen (secondary N) is 2. The average molecular weight is 344 g/mol. The Kier molecular flexibility index (Phi) is 4.89. The van der Waals surface area contributed by atoms with E-state index < -0.39 is 0 Å². The zero-order chi connectivity index (χ0) is 17.8. The van der Waals surface area contributed by atoms with Crippen molar-refractivity contribution in [1.29, 1.82) is 0 Å². The summed E-state index contributed by atoms with van der Waals surface area (Å²) in [4.78, 5) is 3.27. The fourth-order valence-electron chi connectivity index (χ4n) is 3.66. The number of fused-ring (bicyclic) bond motifs is 1. The Morgan fingerprint density at radius 3 is 2.85 bits per heavy atom. The van der Waals surface area contributed by atoms with Gasteiger partial charge in [-0.05, 0) is 42.2 Å². The van der Waals surface area contributed by atoms with Crippen LogP contribution in [0.1, 0.15) is 24.0 Å². The summed E-state index contributed by atoms with van der Waals surface area (Å²) in [6, 6.07) is 17.3. The normalized spacial score (nSPS) is 17.6. The fraction of sp³-hybridized carbons (Fsp3) is 0.217. The van der Waals surface area contributed by atoms with Crippen molar-refractivity contribution >= 4 is 22.6 Å². The maximum absolute atomic E-state index is 5.55. The van der Waals surface area contributed by atoms with E-state index in [1.807, 2.05) is 12.3 Å². The molecule has 2 aromatic carbocycles. The van der Waals surface area contributed by atoms with E-state index in [-0.39, 0.29) is 0 Å². The van der Waals surface area contributed by atoms with E-state index in [2.05, 4.69) is 71.0 Å². The second kappa shape index (κ2) is 7.63. The quantitative estimate of drug-likeness (QED) is 0.681. The third-order valence-electron chi connectivity index (χ3n) is 5.03. The zero-order valence-corrected chi connectivity index (χ0v) is 15.0. The Morgan fingerprint density at radius 1 is 1.12 bits per heavy atom. The molecule has 1 aromatic heterocycles. The number of benzene rings is 2. The van der Waals surface area contributed by atoms with Crippen molar-refractivity contribution in [3.05, 3.63) is 78.0 Å². The molecule has 132 valence electrons. The van der Waals surface area contributed by atoms with E-state index in [1.54, 1.807) is 7.11 Å². The lowest BCUT2D eigenvalue weighted by Gasteiger charge is -2.23. The SMILES string of the molecule is COc1ccc2[nH]ccc2c1C=CCC1CC(c2ccccc2)=CCN1. The van der Waals surface area contributed by atoms with Gasteiger partial charge in [0.2, 0.25) is 0 Å². The van der Waals surface area contributed by atoms with Gasteiger partial charge in [-0.3, -0.25) is 0 Å². The molecule has 1 aliphatic rings. The van der Waals surface area contributed by atoms with Crippen LogP contribution in [0.2, 0.25) is 0 Å². The monoisotopic (exact) mass is 344 g/mol. The first kappa shape index (κ1) is 16.7. The smallest absolute Gasteiger partial charge is 0.126 e. The highest BCUT2D eigenvalue weighted by molar-refractivity contribution is 5.91. The number of rotatable bonds is 5. The summed E-state index contributed by atoms with van der Waals surface area (Å²) in [6.45, 7) is 0.930. The summed E-state index contributed by atoms with van der Waals surface area (Å²) < 4.78 is 5.55. The van der Waals surface area contributed by atoms with Crippen LogP contribution in [0.3, 0.4) is 0 Å². The highest BCUT2D eigenvalue weighted by Crippen LogP contribution is 2.29. The molecule has 0 fully saturated rings. The van der Waals surface area contributed by atoms with Crippen LogP contribution >= 0.6 is 0 Å². The van der Waals surface area contributed by atoms with Gasteiger partial charge in [-0.2, -0.15) is 0 Å². The van der Waals surface area contributed by atoms with Gasteiger partial charge < -0.3 is 15.0 Å². The van der Waals surface area contributed by atoms with Crippen molar-refractivity contribution in [1.82, 2.24) is 10.3 Å². The topological polar surface area (TPSA) is 37.0 Å². The van der Waals surface area contributed by atoms with Crippen LogP contribution in [0.5, 0.6) is 5.75 Å². The van der Waals surface area contributed by atoms with Gasteiger partial charge in [0.1, 0.15) is 5.75 Å². The van der Waals surface area contributed by atoms with Crippen molar-refractivity contribution in [2.75, 3.05) is 13.7 Å². The van der Waals surface area contributed by atoms with E-state index in [4.69, 9.17) is 4.74 Å². The predicted octanol–water partition coefficient (Wildman–Crippen LogP) is 5.03. The number of aromatic amines is 1. The van der Waals surface area contributed by atoms with E-state index in [9.17, 15) is 0 Å². The second-order valence-corrected chi connectivity index (χ2v) is 6.66. The first-order valence-electron chi connectivity index (χ1n) is 9.13. The van der Waals surface area contributed by atoms with Gasteiger partial charge in [-0.25, -0.2) is 0 Å². The summed E-state index contributed by atoms with van der Waals surface area (Å²) >= 11 is 0. The van der Waals surface area contributed by atoms with Crippen LogP contribution < -0.4 is 10.1 Å². The number of ether oxygens (including phenoxy) is 1. The first-order chi connectivity index (χ1) is 12.8. The van der Waals surface area contributed by atoms with Crippen LogP contribution in [0, 0.1) is 0 Å². The Morgan fingerprint density at radius 2 is 2.00 bits per heavy atom. The van der Waals surface area contributed by atoms with Crippen LogP contribution in [-0.2, 0) is 0 Å². The molecular weight excluding hydrogens is 320 g/mol. The van der Waals surface area contributed by atoms with Gasteiger partial charge in [-0.1, -0.05) is 48.6 Å². The van der Waals surface area contributed by atoms with Crippen molar-refractivity contribution < 1.29 is 4.74 Å². The molecule has 1 aliphatic heterocycles. The zero-order valence-electron chi connectivity index (χ0n) is 15.0. The Balaban J connectivity index is 1.48. The van der Waals surface area contributed by atoms with Crippen LogP contribution in [-0.4, -0.2) is 24.7 Å². The molecule has 3 nitrogen and oxygen atoms in total. The average Bonchev–Trinajstić information content (AvgIpc) is 3.18. The highest BCUT2D eigenvalue weighted by Gasteiger charge is 2.15. The molecule has 0 saturated heterocycles. The lowest BCUT2D eigenvalue weighted by atomic mass is 9.93. The van der Waals surface area contributed by atoms with E-state index in [0.29, 0.717) is 6.04 Å². The van der Waals surface area contributed by atoms with Crippen molar-refractivity contribution in [2.45, 2.75) is 18.9 Å². The molecule has 0 aliphatic carbocycles. The molecule has 2 heterocycles. The molecular formula is C23H24N2O. The molecule has 0 radical (unpaired) electrons. The standard InChI is InChI=1S/C23H24N2O/c1-26-23-11-10-22-20(13-15-25-22)21(23)9-5-8-19-16-18(12-14-24-19)17-6-3-2-4-7-17/h2-7,9-13,15,19,24-25H,8,14,16H2,1H3. The molecule has 3 aromatic rings. The Hall–Kier alpha value is -2.78. The second-order valence-electron chi connectivity index (χ2n) is 6.66. The summed E-state index contributed by atoms with van der Waals surface area (Å²) in [5, 5.41) is 4.80. The van der Waals surface area contributed by atoms with Crippen molar-refractivity contribution in [2.24, 2.45) is 0 Å². The Bertz CT molecular complexity index is 937. The molecule has 0 spiro atoms. The number of H-pyrrole nitrogens is 1. The predicted molar refractivity (Wildman–Crippen MR) is 109 cm³/mol. The van der Waals surface area contributed by atoms with Gasteiger partial charge in [0.15, 0.2) is 0 Å². The molecule has 26 heavy (non-hydrogen) atoms. The maximum atomic E-state index is 5.55. The molecule has 1 atom stereocenters. The minimum atomic E-state index is 0.461. The molecule has 0 amide bonds. The highest BCUT2D eigenvalue weighted by atomic mass is 16.5. The summed E-state index contributed by atoms with van der Waals surface area (Å²) in [7, 11) is 1.73. The van der Waals surface area contributed by atoms with Crippen molar-refractivity contribution in [3.63, 3.8) is 0 Å². The van der Waals surface area contributed by atoms with Gasteiger partial charge in [0, 0.05) is 35.2 Å². The largest absolute Gasteiger partial charge is 0.496 e. The number of methoxy groups -OCH3 is 1. The fourth-order valence-corrected chi connectivity index (χ4v) is 3.66. The third-order valence-corrected chi connectivity index (χ3v) is 5.03. The van der Waals surface area contributed by atoms with Gasteiger partial charge in [0.05, 0.1) is 7.11 Å². The van der Waals surface area contributed by atoms with Crippen LogP contribution in [0.4, 0.5) is 0 Å². The number of aromatic nitrogens is 1. The van der Waals surface area contributed by atoms with E-state index in [0.717, 1.165) is 36.2 Å². The molecule has 0 bridgehead atoms. The summed E-state index contributed by atoms with van der Waals surface area (Å²) in [5.74, 6) is 0.912. The first-order valence-corrected chi connectivity index (χ1v) is 9.13. The molecule has 4 rings (SSSR count).